The fourth-order valence-corrected chi connectivity index (χ4v) is 4.29. The lowest BCUT2D eigenvalue weighted by molar-refractivity contribution is -0.118. The Morgan fingerprint density at radius 1 is 1.36 bits per heavy atom. The topological polar surface area (TPSA) is 84.0 Å². The van der Waals surface area contributed by atoms with Crippen LogP contribution in [-0.4, -0.2) is 64.1 Å². The van der Waals surface area contributed by atoms with Gasteiger partial charge in [0, 0.05) is 31.2 Å². The van der Waals surface area contributed by atoms with E-state index in [-0.39, 0.29) is 6.61 Å². The number of carbonyl (C=O) groups excluding carboxylic acids is 1. The van der Waals surface area contributed by atoms with Gasteiger partial charge in [0.05, 0.1) is 5.69 Å². The van der Waals surface area contributed by atoms with Crippen LogP contribution in [-0.2, 0) is 20.2 Å². The van der Waals surface area contributed by atoms with Crippen LogP contribution >= 0.6 is 22.9 Å². The minimum atomic E-state index is -1.64. The van der Waals surface area contributed by atoms with Crippen LogP contribution in [0.25, 0.3) is 0 Å². The number of aromatic nitrogens is 1. The van der Waals surface area contributed by atoms with Crippen molar-refractivity contribution in [3.63, 3.8) is 0 Å². The Balaban J connectivity index is 1.49. The molecule has 1 N–H and O–H groups in total. The van der Waals surface area contributed by atoms with Crippen LogP contribution in [0.5, 0.6) is 10.8 Å². The van der Waals surface area contributed by atoms with Crippen LogP contribution in [0.4, 0.5) is 5.13 Å². The van der Waals surface area contributed by atoms with Crippen molar-refractivity contribution in [3.05, 3.63) is 35.0 Å². The van der Waals surface area contributed by atoms with Gasteiger partial charge in [0.2, 0.25) is 16.3 Å². The number of rotatable bonds is 7. The van der Waals surface area contributed by atoms with Crippen LogP contribution in [0.1, 0.15) is 5.69 Å². The summed E-state index contributed by atoms with van der Waals surface area (Å²) in [7, 11) is 2.01. The molecule has 1 aliphatic rings. The van der Waals surface area contributed by atoms with Crippen molar-refractivity contribution in [2.45, 2.75) is 6.92 Å². The molecular weight excluding hydrogens is 424 g/mol. The first-order valence-corrected chi connectivity index (χ1v) is 10.8. The van der Waals surface area contributed by atoms with Gasteiger partial charge in [0.1, 0.15) is 12.4 Å². The first kappa shape index (κ1) is 21.2. The molecule has 0 saturated carbocycles. The highest BCUT2D eigenvalue weighted by molar-refractivity contribution is 7.77. The van der Waals surface area contributed by atoms with Gasteiger partial charge in [-0.25, -0.2) is 9.19 Å². The highest BCUT2D eigenvalue weighted by Crippen LogP contribution is 2.34. The molecule has 1 unspecified atom stereocenters. The highest BCUT2D eigenvalue weighted by Gasteiger charge is 2.21. The molecule has 0 radical (unpaired) electrons. The molecule has 1 amide bonds. The predicted octanol–water partition coefficient (Wildman–Crippen LogP) is 2.68. The number of amides is 1. The normalized spacial score (nSPS) is 16.7. The molecule has 1 aromatic heterocycles. The molecule has 28 heavy (non-hydrogen) atoms. The van der Waals surface area contributed by atoms with Crippen molar-refractivity contribution < 1.29 is 17.9 Å². The van der Waals surface area contributed by atoms with E-state index in [1.165, 1.54) is 11.3 Å². The van der Waals surface area contributed by atoms with Gasteiger partial charge < -0.3 is 9.64 Å². The van der Waals surface area contributed by atoms with Gasteiger partial charge in [-0.2, -0.15) is 4.31 Å². The number of thiazole rings is 1. The number of nitrogens with zero attached hydrogens (tertiary/aromatic N) is 3. The number of likely N-dealkylation sites (N-methyl/N-ethyl adjacent to an activating group) is 1. The minimum Gasteiger partial charge on any atom is -0.445 e. The van der Waals surface area contributed by atoms with Crippen molar-refractivity contribution in [1.82, 2.24) is 14.2 Å². The summed E-state index contributed by atoms with van der Waals surface area (Å²) < 4.78 is 24.8. The second kappa shape index (κ2) is 9.77. The van der Waals surface area contributed by atoms with Crippen molar-refractivity contribution in [1.29, 1.82) is 0 Å². The van der Waals surface area contributed by atoms with E-state index in [4.69, 9.17) is 20.5 Å². The largest absolute Gasteiger partial charge is 0.445 e. The van der Waals surface area contributed by atoms with Gasteiger partial charge in [-0.1, -0.05) is 29.0 Å². The Morgan fingerprint density at radius 2 is 2.11 bits per heavy atom. The van der Waals surface area contributed by atoms with Crippen molar-refractivity contribution in [2.75, 3.05) is 45.2 Å². The van der Waals surface area contributed by atoms with E-state index in [1.54, 1.807) is 35.5 Å². The molecule has 2 heterocycles. The molecule has 3 rings (SSSR count). The third-order valence-corrected chi connectivity index (χ3v) is 6.26. The lowest BCUT2D eigenvalue weighted by Crippen LogP contribution is -2.45. The smallest absolute Gasteiger partial charge is 0.253 e. The molecule has 1 fully saturated rings. The fraction of sp³-hybridized carbons (Fsp3) is 0.412. The molecule has 0 spiro atoms. The van der Waals surface area contributed by atoms with E-state index in [2.05, 4.69) is 15.2 Å². The molecule has 0 aliphatic carbocycles. The number of hydrogen-bond acceptors (Lipinski definition) is 7. The molecule has 2 aromatic rings. The molecule has 11 heteroatoms. The maximum Gasteiger partial charge on any atom is 0.253 e. The number of carbonyl (C=O) groups is 1. The van der Waals surface area contributed by atoms with Crippen molar-refractivity contribution >= 4 is 45.2 Å². The lowest BCUT2D eigenvalue weighted by atomic mass is 10.3. The number of anilines is 1. The van der Waals surface area contributed by atoms with E-state index in [1.807, 2.05) is 7.05 Å². The fourth-order valence-electron chi connectivity index (χ4n) is 2.44. The molecule has 0 bridgehead atoms. The first-order chi connectivity index (χ1) is 13.4. The third-order valence-electron chi connectivity index (χ3n) is 3.97. The average molecular weight is 445 g/mol. The Morgan fingerprint density at radius 3 is 2.82 bits per heavy atom. The zero-order valence-electron chi connectivity index (χ0n) is 15.5. The van der Waals surface area contributed by atoms with E-state index in [0.29, 0.717) is 39.8 Å². The summed E-state index contributed by atoms with van der Waals surface area (Å²) in [5.41, 5.74) is 0.641. The van der Waals surface area contributed by atoms with E-state index < -0.39 is 17.2 Å². The van der Waals surface area contributed by atoms with Crippen LogP contribution in [0.3, 0.4) is 0 Å². The maximum atomic E-state index is 12.1. The average Bonchev–Trinajstić information content (AvgIpc) is 2.99. The molecule has 1 atom stereocenters. The van der Waals surface area contributed by atoms with Gasteiger partial charge in [-0.15, -0.1) is 0 Å². The molecule has 1 saturated heterocycles. The van der Waals surface area contributed by atoms with Gasteiger partial charge >= 0.3 is 0 Å². The summed E-state index contributed by atoms with van der Waals surface area (Å²) in [6, 6.07) is 7.02. The summed E-state index contributed by atoms with van der Waals surface area (Å²) in [5, 5.41) is 4.15. The Kier molecular flexibility index (Phi) is 7.38. The molecule has 1 aliphatic heterocycles. The number of ether oxygens (including phenoxy) is 1. The first-order valence-electron chi connectivity index (χ1n) is 8.60. The zero-order chi connectivity index (χ0) is 20.1. The molecule has 1 aromatic carbocycles. The number of aryl methyl sites for hydroxylation is 1. The predicted molar refractivity (Wildman–Crippen MR) is 110 cm³/mol. The van der Waals surface area contributed by atoms with Crippen LogP contribution < -0.4 is 10.1 Å². The second-order valence-electron chi connectivity index (χ2n) is 6.21. The van der Waals surface area contributed by atoms with Gasteiger partial charge in [-0.3, -0.25) is 14.3 Å². The highest BCUT2D eigenvalue weighted by atomic mass is 35.5. The summed E-state index contributed by atoms with van der Waals surface area (Å²) in [6.45, 7) is 4.37. The van der Waals surface area contributed by atoms with E-state index in [9.17, 15) is 9.00 Å². The number of halogens is 1. The summed E-state index contributed by atoms with van der Waals surface area (Å²) >= 11 is 5.51. The minimum absolute atomic E-state index is 0.317. The van der Waals surface area contributed by atoms with Crippen LogP contribution in [0, 0.1) is 6.92 Å². The van der Waals surface area contributed by atoms with E-state index in [0.717, 1.165) is 13.1 Å². The lowest BCUT2D eigenvalue weighted by Gasteiger charge is -2.30. The molecular formula is C17H21ClN4O4S2. The standard InChI is InChI=1S/C17H21ClN4O4S2/c1-12-16(26-14-5-3-4-13(18)10-14)27-17(19-12)20-15(23)11-25-28(24)22-8-6-21(2)7-9-22/h3-5,10H,6-9,11H2,1-2H3,(H,19,20,23). The van der Waals surface area contributed by atoms with Gasteiger partial charge in [0.15, 0.2) is 5.13 Å². The summed E-state index contributed by atoms with van der Waals surface area (Å²) in [6.07, 6.45) is 0. The molecule has 8 nitrogen and oxygen atoms in total. The van der Waals surface area contributed by atoms with Crippen molar-refractivity contribution in [3.8, 4) is 10.8 Å². The van der Waals surface area contributed by atoms with Crippen molar-refractivity contribution in [2.24, 2.45) is 0 Å². The number of nitrogens with one attached hydrogen (secondary N) is 1. The summed E-state index contributed by atoms with van der Waals surface area (Å²) in [4.78, 5) is 18.5. The third kappa shape index (κ3) is 5.97. The monoisotopic (exact) mass is 444 g/mol. The SMILES string of the molecule is Cc1nc(NC(=O)COS(=O)N2CCN(C)CC2)sc1Oc1cccc(Cl)c1. The van der Waals surface area contributed by atoms with Crippen LogP contribution in [0.2, 0.25) is 5.02 Å². The Bertz CT molecular complexity index is 855. The summed E-state index contributed by atoms with van der Waals surface area (Å²) in [5.74, 6) is 0.161. The van der Waals surface area contributed by atoms with E-state index >= 15 is 0 Å². The van der Waals surface area contributed by atoms with Gasteiger partial charge in [0.25, 0.3) is 5.91 Å². The van der Waals surface area contributed by atoms with Gasteiger partial charge in [-0.05, 0) is 32.2 Å². The van der Waals surface area contributed by atoms with Crippen LogP contribution in [0.15, 0.2) is 24.3 Å². The number of hydrogen-bond donors (Lipinski definition) is 1. The Labute approximate surface area is 175 Å². The molecule has 152 valence electrons. The zero-order valence-corrected chi connectivity index (χ0v) is 17.9. The second-order valence-corrected chi connectivity index (χ2v) is 8.80. The maximum absolute atomic E-state index is 12.1. The number of benzene rings is 1. The Hall–Kier alpha value is -1.56. The quantitative estimate of drug-likeness (QED) is 0.706. The number of piperazine rings is 1.